The number of rotatable bonds is 6. The summed E-state index contributed by atoms with van der Waals surface area (Å²) >= 11 is 1.72. The van der Waals surface area contributed by atoms with E-state index in [1.807, 2.05) is 36.4 Å². The fourth-order valence-corrected chi connectivity index (χ4v) is 3.41. The number of aliphatic imine (C=N–C) groups is 1. The first-order valence-electron chi connectivity index (χ1n) is 8.68. The standard InChI is InChI=1S/C21H22N2O3S/c1-25-18-12-15(13-19(14-18)26-2)4-9-20(24)16-5-7-17(8-6-16)23-21-22-10-3-11-27-21/h4-9,12-14H,3,10-11H2,1-2H3,(H,22,23)/b9-4+. The number of carbonyl (C=O) groups is 1. The number of nitrogens with one attached hydrogen (secondary N) is 1. The maximum absolute atomic E-state index is 12.4. The average Bonchev–Trinajstić information content (AvgIpc) is 2.73. The molecule has 2 aromatic carbocycles. The predicted octanol–water partition coefficient (Wildman–Crippen LogP) is 4.50. The zero-order valence-electron chi connectivity index (χ0n) is 15.4. The van der Waals surface area contributed by atoms with Gasteiger partial charge in [0.25, 0.3) is 0 Å². The first kappa shape index (κ1) is 19.0. The number of ether oxygens (including phenoxy) is 2. The lowest BCUT2D eigenvalue weighted by molar-refractivity contribution is 0.104. The van der Waals surface area contributed by atoms with Crippen molar-refractivity contribution in [2.24, 2.45) is 4.99 Å². The molecule has 3 rings (SSSR count). The maximum Gasteiger partial charge on any atom is 0.185 e. The molecule has 0 amide bonds. The SMILES string of the molecule is COc1cc(/C=C/C(=O)c2ccc(NC3=NCCCS3)cc2)cc(OC)c1. The lowest BCUT2D eigenvalue weighted by Crippen LogP contribution is -2.13. The van der Waals surface area contributed by atoms with E-state index in [4.69, 9.17) is 9.47 Å². The molecule has 1 aliphatic rings. The number of thioether (sulfide) groups is 1. The molecule has 140 valence electrons. The van der Waals surface area contributed by atoms with E-state index < -0.39 is 0 Å². The molecule has 1 N–H and O–H groups in total. The van der Waals surface area contributed by atoms with E-state index in [1.165, 1.54) is 0 Å². The van der Waals surface area contributed by atoms with Crippen LogP contribution >= 0.6 is 11.8 Å². The van der Waals surface area contributed by atoms with E-state index >= 15 is 0 Å². The van der Waals surface area contributed by atoms with Crippen molar-refractivity contribution in [3.05, 3.63) is 59.7 Å². The van der Waals surface area contributed by atoms with Crippen LogP contribution < -0.4 is 14.8 Å². The Hall–Kier alpha value is -2.73. The minimum Gasteiger partial charge on any atom is -0.497 e. The Labute approximate surface area is 163 Å². The molecule has 0 radical (unpaired) electrons. The summed E-state index contributed by atoms with van der Waals surface area (Å²) in [5, 5.41) is 4.22. The van der Waals surface area contributed by atoms with Crippen LogP contribution in [-0.4, -0.2) is 37.5 Å². The molecule has 0 aromatic heterocycles. The van der Waals surface area contributed by atoms with Gasteiger partial charge in [0.1, 0.15) is 11.5 Å². The highest BCUT2D eigenvalue weighted by Crippen LogP contribution is 2.23. The van der Waals surface area contributed by atoms with Gasteiger partial charge in [0.05, 0.1) is 14.2 Å². The number of hydrogen-bond acceptors (Lipinski definition) is 6. The normalized spacial score (nSPS) is 13.9. The van der Waals surface area contributed by atoms with Crippen LogP contribution in [0.15, 0.2) is 53.5 Å². The Balaban J connectivity index is 1.67. The molecule has 0 unspecified atom stereocenters. The van der Waals surface area contributed by atoms with E-state index in [0.717, 1.165) is 35.1 Å². The van der Waals surface area contributed by atoms with Crippen molar-refractivity contribution in [3.63, 3.8) is 0 Å². The summed E-state index contributed by atoms with van der Waals surface area (Å²) in [4.78, 5) is 16.9. The van der Waals surface area contributed by atoms with E-state index in [1.54, 1.807) is 44.2 Å². The van der Waals surface area contributed by atoms with E-state index in [9.17, 15) is 4.79 Å². The van der Waals surface area contributed by atoms with Gasteiger partial charge >= 0.3 is 0 Å². The second-order valence-electron chi connectivity index (χ2n) is 5.93. The minimum absolute atomic E-state index is 0.0623. The van der Waals surface area contributed by atoms with E-state index in [0.29, 0.717) is 17.1 Å². The molecule has 0 fully saturated rings. The highest BCUT2D eigenvalue weighted by molar-refractivity contribution is 8.14. The van der Waals surface area contributed by atoms with Gasteiger partial charge in [-0.05, 0) is 54.5 Å². The fourth-order valence-electron chi connectivity index (χ4n) is 2.57. The van der Waals surface area contributed by atoms with Crippen LogP contribution in [0.5, 0.6) is 11.5 Å². The number of hydrogen-bond donors (Lipinski definition) is 1. The summed E-state index contributed by atoms with van der Waals surface area (Å²) in [5.74, 6) is 2.39. The lowest BCUT2D eigenvalue weighted by Gasteiger charge is -2.13. The molecule has 2 aromatic rings. The minimum atomic E-state index is -0.0623. The summed E-state index contributed by atoms with van der Waals surface area (Å²) in [6, 6.07) is 12.9. The number of anilines is 1. The molecule has 0 spiro atoms. The van der Waals surface area contributed by atoms with Crippen molar-refractivity contribution in [2.75, 3.05) is 31.8 Å². The smallest absolute Gasteiger partial charge is 0.185 e. The monoisotopic (exact) mass is 382 g/mol. The average molecular weight is 382 g/mol. The zero-order chi connectivity index (χ0) is 19.1. The number of carbonyl (C=O) groups excluding carboxylic acids is 1. The Morgan fingerprint density at radius 3 is 2.41 bits per heavy atom. The molecule has 1 aliphatic heterocycles. The van der Waals surface area contributed by atoms with Gasteiger partial charge in [-0.15, -0.1) is 0 Å². The van der Waals surface area contributed by atoms with E-state index in [-0.39, 0.29) is 5.78 Å². The summed E-state index contributed by atoms with van der Waals surface area (Å²) in [5.41, 5.74) is 2.40. The second kappa shape index (κ2) is 9.28. The third-order valence-corrected chi connectivity index (χ3v) is 5.02. The fraction of sp³-hybridized carbons (Fsp3) is 0.238. The highest BCUT2D eigenvalue weighted by atomic mass is 32.2. The number of allylic oxidation sites excluding steroid dienone is 1. The molecule has 0 atom stereocenters. The number of benzene rings is 2. The Bertz CT molecular complexity index is 838. The number of methoxy groups -OCH3 is 2. The number of nitrogens with zero attached hydrogens (tertiary/aromatic N) is 1. The summed E-state index contributed by atoms with van der Waals surface area (Å²) in [7, 11) is 3.20. The molecular weight excluding hydrogens is 360 g/mol. The number of amidine groups is 1. The van der Waals surface area contributed by atoms with Crippen molar-refractivity contribution in [2.45, 2.75) is 6.42 Å². The van der Waals surface area contributed by atoms with Crippen LogP contribution in [0.4, 0.5) is 5.69 Å². The summed E-state index contributed by atoms with van der Waals surface area (Å²) in [6.45, 7) is 0.867. The molecule has 6 heteroatoms. The largest absolute Gasteiger partial charge is 0.497 e. The van der Waals surface area contributed by atoms with Crippen LogP contribution in [0.25, 0.3) is 6.08 Å². The van der Waals surface area contributed by atoms with E-state index in [2.05, 4.69) is 10.3 Å². The molecule has 1 heterocycles. The van der Waals surface area contributed by atoms with Crippen molar-refractivity contribution in [1.82, 2.24) is 0 Å². The van der Waals surface area contributed by atoms with Gasteiger partial charge in [-0.3, -0.25) is 9.79 Å². The predicted molar refractivity (Wildman–Crippen MR) is 112 cm³/mol. The summed E-state index contributed by atoms with van der Waals surface area (Å²) in [6.07, 6.45) is 4.43. The molecular formula is C21H22N2O3S. The van der Waals surface area contributed by atoms with Crippen molar-refractivity contribution in [3.8, 4) is 11.5 Å². The second-order valence-corrected chi connectivity index (χ2v) is 7.02. The number of ketones is 1. The van der Waals surface area contributed by atoms with Crippen LogP contribution in [-0.2, 0) is 0 Å². The maximum atomic E-state index is 12.4. The van der Waals surface area contributed by atoms with Gasteiger partial charge in [0, 0.05) is 29.6 Å². The first-order chi connectivity index (χ1) is 13.2. The Morgan fingerprint density at radius 2 is 1.81 bits per heavy atom. The first-order valence-corrected chi connectivity index (χ1v) is 9.66. The quantitative estimate of drug-likeness (QED) is 0.589. The van der Waals surface area contributed by atoms with Gasteiger partial charge in [-0.1, -0.05) is 17.8 Å². The highest BCUT2D eigenvalue weighted by Gasteiger charge is 2.07. The Kier molecular flexibility index (Phi) is 6.54. The molecule has 5 nitrogen and oxygen atoms in total. The summed E-state index contributed by atoms with van der Waals surface area (Å²) < 4.78 is 10.5. The lowest BCUT2D eigenvalue weighted by atomic mass is 10.1. The van der Waals surface area contributed by atoms with Crippen molar-refractivity contribution in [1.29, 1.82) is 0 Å². The third-order valence-electron chi connectivity index (χ3n) is 4.02. The third kappa shape index (κ3) is 5.37. The zero-order valence-corrected chi connectivity index (χ0v) is 16.2. The Morgan fingerprint density at radius 1 is 1.11 bits per heavy atom. The van der Waals surface area contributed by atoms with Crippen molar-refractivity contribution >= 4 is 34.5 Å². The van der Waals surface area contributed by atoms with Gasteiger partial charge in [0.15, 0.2) is 11.0 Å². The van der Waals surface area contributed by atoms with Gasteiger partial charge in [0.2, 0.25) is 0 Å². The van der Waals surface area contributed by atoms with Crippen LogP contribution in [0.3, 0.4) is 0 Å². The molecule has 0 saturated heterocycles. The molecule has 0 aliphatic carbocycles. The topological polar surface area (TPSA) is 59.9 Å². The van der Waals surface area contributed by atoms with Gasteiger partial charge in [-0.25, -0.2) is 0 Å². The van der Waals surface area contributed by atoms with Gasteiger partial charge < -0.3 is 14.8 Å². The van der Waals surface area contributed by atoms with Crippen molar-refractivity contribution < 1.29 is 14.3 Å². The van der Waals surface area contributed by atoms with Crippen LogP contribution in [0, 0.1) is 0 Å². The van der Waals surface area contributed by atoms with Crippen LogP contribution in [0.1, 0.15) is 22.3 Å². The van der Waals surface area contributed by atoms with Gasteiger partial charge in [-0.2, -0.15) is 0 Å². The van der Waals surface area contributed by atoms with Crippen LogP contribution in [0.2, 0.25) is 0 Å². The molecule has 0 bridgehead atoms. The molecule has 27 heavy (non-hydrogen) atoms. The molecule has 0 saturated carbocycles.